The summed E-state index contributed by atoms with van der Waals surface area (Å²) in [7, 11) is 2.73. The van der Waals surface area contributed by atoms with Crippen molar-refractivity contribution >= 4 is 68.4 Å². The van der Waals surface area contributed by atoms with E-state index in [1.807, 2.05) is 6.08 Å². The Hall–Kier alpha value is -2.88. The van der Waals surface area contributed by atoms with E-state index in [1.165, 1.54) is 19.1 Å². The maximum atomic E-state index is 13.9. The molecule has 3 fully saturated rings. The summed E-state index contributed by atoms with van der Waals surface area (Å²) < 4.78 is 5.64. The van der Waals surface area contributed by atoms with Crippen molar-refractivity contribution in [2.75, 3.05) is 19.1 Å². The van der Waals surface area contributed by atoms with Crippen LogP contribution < -0.4 is 9.64 Å². The van der Waals surface area contributed by atoms with Gasteiger partial charge >= 0.3 is 0 Å². The number of aromatic hydroxyl groups is 1. The first-order valence-corrected chi connectivity index (χ1v) is 13.9. The number of ether oxygens (including phenoxy) is 1. The minimum atomic E-state index is -1.91. The number of imide groups is 2. The monoisotopic (exact) mass is 632 g/mol. The highest BCUT2D eigenvalue weighted by molar-refractivity contribution is 9.10. The predicted octanol–water partition coefficient (Wildman–Crippen LogP) is 4.36. The van der Waals surface area contributed by atoms with E-state index in [0.717, 1.165) is 4.90 Å². The maximum absolute atomic E-state index is 13.9. The molecule has 2 heterocycles. The number of rotatable bonds is 3. The molecular formula is C28H23BrCl2N2O6. The number of carbonyl (C=O) groups is 4. The number of alkyl halides is 2. The Bertz CT molecular complexity index is 1500. The molecule has 0 aromatic heterocycles. The van der Waals surface area contributed by atoms with E-state index in [9.17, 15) is 24.3 Å². The van der Waals surface area contributed by atoms with Crippen LogP contribution in [-0.2, 0) is 19.2 Å². The molecule has 202 valence electrons. The van der Waals surface area contributed by atoms with Crippen molar-refractivity contribution in [1.82, 2.24) is 4.90 Å². The van der Waals surface area contributed by atoms with E-state index in [-0.39, 0.29) is 36.2 Å². The van der Waals surface area contributed by atoms with Crippen molar-refractivity contribution < 1.29 is 29.0 Å². The number of allylic oxidation sites excluding steroid dienone is 2. The fourth-order valence-corrected chi connectivity index (χ4v) is 8.34. The molecular weight excluding hydrogens is 611 g/mol. The molecule has 8 nitrogen and oxygen atoms in total. The first-order valence-electron chi connectivity index (χ1n) is 12.4. The van der Waals surface area contributed by atoms with Gasteiger partial charge < -0.3 is 9.84 Å². The van der Waals surface area contributed by atoms with Crippen molar-refractivity contribution in [3.05, 3.63) is 64.1 Å². The summed E-state index contributed by atoms with van der Waals surface area (Å²) in [6.07, 6.45) is 2.03. The lowest BCUT2D eigenvalue weighted by molar-refractivity contribution is -0.138. The SMILES string of the molecule is COc1cc(C2C3=CCC4C(=O)N(c5ccccc5)C(=O)C4C3CC3(Cl)C(=O)N(C)C(=O)C23Cl)cc(Br)c1O. The van der Waals surface area contributed by atoms with Crippen molar-refractivity contribution in [2.45, 2.75) is 28.5 Å². The predicted molar refractivity (Wildman–Crippen MR) is 147 cm³/mol. The molecule has 0 spiro atoms. The number of benzene rings is 2. The first-order chi connectivity index (χ1) is 18.5. The van der Waals surface area contributed by atoms with Gasteiger partial charge in [-0.1, -0.05) is 29.8 Å². The second-order valence-electron chi connectivity index (χ2n) is 10.4. The van der Waals surface area contributed by atoms with Gasteiger partial charge in [0, 0.05) is 13.0 Å². The normalized spacial score (nSPS) is 33.6. The van der Waals surface area contributed by atoms with Gasteiger partial charge in [0.2, 0.25) is 11.8 Å². The Morgan fingerprint density at radius 3 is 2.38 bits per heavy atom. The van der Waals surface area contributed by atoms with E-state index in [1.54, 1.807) is 42.5 Å². The summed E-state index contributed by atoms with van der Waals surface area (Å²) in [4.78, 5) is 53.0. The zero-order valence-electron chi connectivity index (χ0n) is 20.9. The second kappa shape index (κ2) is 8.81. The number of anilines is 1. The zero-order chi connectivity index (χ0) is 28.0. The average molecular weight is 634 g/mol. The number of para-hydroxylation sites is 1. The number of likely N-dealkylation sites (tertiary alicyclic amines) is 1. The van der Waals surface area contributed by atoms with E-state index >= 15 is 0 Å². The average Bonchev–Trinajstić information content (AvgIpc) is 3.25. The maximum Gasteiger partial charge on any atom is 0.253 e. The third-order valence-electron chi connectivity index (χ3n) is 8.63. The molecule has 6 atom stereocenters. The molecule has 2 aromatic carbocycles. The van der Waals surface area contributed by atoms with Gasteiger partial charge in [-0.2, -0.15) is 0 Å². The zero-order valence-corrected chi connectivity index (χ0v) is 24.0. The number of hydrogen-bond donors (Lipinski definition) is 1. The van der Waals surface area contributed by atoms with Gasteiger partial charge in [-0.15, -0.1) is 23.2 Å². The van der Waals surface area contributed by atoms with Gasteiger partial charge in [0.25, 0.3) is 11.8 Å². The van der Waals surface area contributed by atoms with E-state index in [4.69, 9.17) is 27.9 Å². The van der Waals surface area contributed by atoms with Crippen molar-refractivity contribution in [3.8, 4) is 11.5 Å². The summed E-state index contributed by atoms with van der Waals surface area (Å²) >= 11 is 17.7. The molecule has 2 aliphatic heterocycles. The van der Waals surface area contributed by atoms with Crippen molar-refractivity contribution in [1.29, 1.82) is 0 Å². The van der Waals surface area contributed by atoms with Crippen molar-refractivity contribution in [3.63, 3.8) is 0 Å². The molecule has 4 amide bonds. The Kier molecular flexibility index (Phi) is 5.95. The number of methoxy groups -OCH3 is 1. The molecule has 6 rings (SSSR count). The number of phenols is 1. The highest BCUT2D eigenvalue weighted by Crippen LogP contribution is 2.65. The number of amides is 4. The van der Waals surface area contributed by atoms with Crippen LogP contribution >= 0.6 is 39.1 Å². The fraction of sp³-hybridized carbons (Fsp3) is 0.357. The van der Waals surface area contributed by atoms with E-state index < -0.39 is 45.2 Å². The lowest BCUT2D eigenvalue weighted by Gasteiger charge is -2.50. The molecule has 0 bridgehead atoms. The summed E-state index contributed by atoms with van der Waals surface area (Å²) in [6.45, 7) is 0. The fourth-order valence-electron chi connectivity index (χ4n) is 6.87. The molecule has 39 heavy (non-hydrogen) atoms. The third-order valence-corrected chi connectivity index (χ3v) is 10.7. The molecule has 4 aliphatic rings. The van der Waals surface area contributed by atoms with Crippen LogP contribution in [0.1, 0.15) is 24.3 Å². The highest BCUT2D eigenvalue weighted by atomic mass is 79.9. The molecule has 6 unspecified atom stereocenters. The molecule has 2 aromatic rings. The molecule has 0 radical (unpaired) electrons. The van der Waals surface area contributed by atoms with Gasteiger partial charge in [-0.3, -0.25) is 29.0 Å². The largest absolute Gasteiger partial charge is 0.503 e. The third kappa shape index (κ3) is 3.30. The van der Waals surface area contributed by atoms with E-state index in [2.05, 4.69) is 15.9 Å². The molecule has 2 aliphatic carbocycles. The lowest BCUT2D eigenvalue weighted by atomic mass is 9.56. The van der Waals surface area contributed by atoms with Crippen molar-refractivity contribution in [2.24, 2.45) is 17.8 Å². The minimum absolute atomic E-state index is 0.0888. The standard InChI is InChI=1S/C28H23BrCl2N2O6/c1-32-25(37)27(30)12-17-15(8-9-16-20(17)24(36)33(23(16)35)14-6-4-3-5-7-14)21(28(27,31)26(32)38)13-10-18(29)22(34)19(11-13)39-2/h3-8,10-11,16-17,20-21,34H,9,12H2,1-2H3. The van der Waals surface area contributed by atoms with Crippen LogP contribution in [0.25, 0.3) is 0 Å². The van der Waals surface area contributed by atoms with Gasteiger partial charge in [0.05, 0.1) is 29.1 Å². The number of hydrogen-bond acceptors (Lipinski definition) is 6. The summed E-state index contributed by atoms with van der Waals surface area (Å²) in [6, 6.07) is 11.9. The molecule has 11 heteroatoms. The summed E-state index contributed by atoms with van der Waals surface area (Å²) in [5.74, 6) is -5.01. The second-order valence-corrected chi connectivity index (χ2v) is 12.5. The Labute approximate surface area is 242 Å². The Morgan fingerprint density at radius 2 is 1.72 bits per heavy atom. The van der Waals surface area contributed by atoms with E-state index in [0.29, 0.717) is 21.3 Å². The van der Waals surface area contributed by atoms with Gasteiger partial charge in [0.1, 0.15) is 0 Å². The highest BCUT2D eigenvalue weighted by Gasteiger charge is 2.76. The number of fused-ring (bicyclic) bond motifs is 4. The Morgan fingerprint density at radius 1 is 1.03 bits per heavy atom. The topological polar surface area (TPSA) is 104 Å². The summed E-state index contributed by atoms with van der Waals surface area (Å²) in [5, 5.41) is 10.5. The number of carbonyl (C=O) groups excluding carboxylic acids is 4. The lowest BCUT2D eigenvalue weighted by Crippen LogP contribution is -2.60. The van der Waals surface area contributed by atoms with Crippen LogP contribution in [0.2, 0.25) is 0 Å². The smallest absolute Gasteiger partial charge is 0.253 e. The number of halogens is 3. The van der Waals surface area contributed by atoms with Crippen LogP contribution in [0.3, 0.4) is 0 Å². The quantitative estimate of drug-likeness (QED) is 0.306. The number of phenolic OH excluding ortho intramolecular Hbond substituents is 1. The van der Waals surface area contributed by atoms with Crippen LogP contribution in [0.4, 0.5) is 5.69 Å². The van der Waals surface area contributed by atoms with Crippen LogP contribution in [0.5, 0.6) is 11.5 Å². The molecule has 2 saturated heterocycles. The summed E-state index contributed by atoms with van der Waals surface area (Å²) in [5.41, 5.74) is 1.61. The molecule has 1 saturated carbocycles. The van der Waals surface area contributed by atoms with Gasteiger partial charge in [0.15, 0.2) is 21.2 Å². The Balaban J connectivity index is 1.55. The molecule has 1 N–H and O–H groups in total. The minimum Gasteiger partial charge on any atom is -0.503 e. The van der Waals surface area contributed by atoms with Crippen LogP contribution in [0, 0.1) is 17.8 Å². The first kappa shape index (κ1) is 26.3. The van der Waals surface area contributed by atoms with Crippen LogP contribution in [-0.4, -0.2) is 57.5 Å². The van der Waals surface area contributed by atoms with Gasteiger partial charge in [-0.05, 0) is 64.5 Å². The van der Waals surface area contributed by atoms with Gasteiger partial charge in [-0.25, -0.2) is 0 Å². The number of nitrogens with zero attached hydrogens (tertiary/aromatic N) is 2. The van der Waals surface area contributed by atoms with Crippen LogP contribution in [0.15, 0.2) is 58.6 Å².